The third-order valence-electron chi connectivity index (χ3n) is 22.9. The molecule has 49 heteroatoms. The van der Waals surface area contributed by atoms with E-state index in [0.29, 0.717) is 18.9 Å². The zero-order valence-corrected chi connectivity index (χ0v) is 75.0. The van der Waals surface area contributed by atoms with E-state index in [1.807, 2.05) is 0 Å². The first-order valence-electron chi connectivity index (χ1n) is 41.4. The van der Waals surface area contributed by atoms with Crippen LogP contribution in [0.15, 0.2) is 0 Å². The minimum atomic E-state index is -2.12. The Morgan fingerprint density at radius 3 is 0.768 bits per heavy atom. The molecule has 28 heterocycles. The third kappa shape index (κ3) is 29.8. The van der Waals surface area contributed by atoms with Crippen molar-refractivity contribution in [3.8, 4) is 0 Å². The second-order valence-electron chi connectivity index (χ2n) is 31.9. The van der Waals surface area contributed by atoms with Crippen LogP contribution in [0.3, 0.4) is 0 Å². The highest BCUT2D eigenvalue weighted by Gasteiger charge is 2.60. The summed E-state index contributed by atoms with van der Waals surface area (Å²) in [5.74, 6) is -10.8. The number of aliphatic hydroxyl groups is 14. The number of carboxylic acid groups (broad SMARTS) is 5. The van der Waals surface area contributed by atoms with Crippen LogP contribution in [0, 0.1) is 23.7 Å². The third-order valence-corrected chi connectivity index (χ3v) is 31.6. The van der Waals surface area contributed by atoms with Crippen LogP contribution in [-0.4, -0.2) is 459 Å². The molecular formula is C76H120O41S8. The molecule has 8 unspecified atom stereocenters. The summed E-state index contributed by atoms with van der Waals surface area (Å²) >= 11 is 8.70. The fraction of sp³-hybridized carbons (Fsp3) is 0.895. The van der Waals surface area contributed by atoms with E-state index in [0.717, 1.165) is 70.6 Å². The number of hydrogen-bond acceptors (Lipinski definition) is 44. The van der Waals surface area contributed by atoms with Crippen LogP contribution in [0.4, 0.5) is 0 Å². The molecule has 40 atom stereocenters. The van der Waals surface area contributed by atoms with Crippen LogP contribution in [0.25, 0.3) is 0 Å². The van der Waals surface area contributed by atoms with Crippen LogP contribution in [0.5, 0.6) is 0 Å². The maximum Gasteiger partial charge on any atom is 0.304 e. The van der Waals surface area contributed by atoms with Gasteiger partial charge in [0.15, 0.2) is 37.7 Å². The quantitative estimate of drug-likeness (QED) is 0.0209. The molecule has 2 saturated carbocycles. The molecule has 41 nitrogen and oxygen atoms in total. The van der Waals surface area contributed by atoms with Crippen LogP contribution in [-0.2, 0) is 105 Å². The minimum Gasteiger partial charge on any atom is -0.481 e. The lowest BCUT2D eigenvalue weighted by molar-refractivity contribution is -0.382. The monoisotopic (exact) mass is 1940 g/mol. The van der Waals surface area contributed by atoms with E-state index in [1.54, 1.807) is 0 Å². The van der Waals surface area contributed by atoms with E-state index in [9.17, 15) is 135 Å². The average Bonchev–Trinajstić information content (AvgIpc) is 0.770. The number of hydrogen-bond donors (Lipinski definition) is 19. The molecule has 28 saturated heterocycles. The first-order valence-corrected chi connectivity index (χ1v) is 50.6. The molecule has 30 rings (SSSR count). The Morgan fingerprint density at radius 2 is 0.472 bits per heavy atom. The summed E-state index contributed by atoms with van der Waals surface area (Å²) in [5, 5.41) is 221. The van der Waals surface area contributed by atoms with Crippen molar-refractivity contribution >= 4 is 143 Å². The van der Waals surface area contributed by atoms with E-state index in [-0.39, 0.29) is 156 Å². The highest BCUT2D eigenvalue weighted by Crippen LogP contribution is 2.45. The Kier molecular flexibility index (Phi) is 45.1. The van der Waals surface area contributed by atoms with Crippen molar-refractivity contribution in [2.45, 2.75) is 299 Å². The fourth-order valence-corrected chi connectivity index (χ4v) is 24.0. The molecule has 0 amide bonds. The van der Waals surface area contributed by atoms with Crippen molar-refractivity contribution in [3.05, 3.63) is 0 Å². The Bertz CT molecular complexity index is 3250. The molecule has 28 aliphatic heterocycles. The van der Waals surface area contributed by atoms with Gasteiger partial charge in [-0.1, -0.05) is 13.8 Å². The number of aliphatic hydroxyl groups excluding tert-OH is 14. The van der Waals surface area contributed by atoms with E-state index in [4.69, 9.17) is 66.3 Å². The molecule has 19 N–H and O–H groups in total. The fourth-order valence-electron chi connectivity index (χ4n) is 16.1. The summed E-state index contributed by atoms with van der Waals surface area (Å²) < 4.78 is 91.2. The minimum absolute atomic E-state index is 0.0227. The molecule has 0 aromatic rings. The van der Waals surface area contributed by atoms with Gasteiger partial charge in [-0.2, -0.15) is 94.1 Å². The number of aldehydes is 3. The first-order chi connectivity index (χ1) is 59.7. The van der Waals surface area contributed by atoms with Crippen LogP contribution < -0.4 is 0 Å². The largest absolute Gasteiger partial charge is 0.481 e. The number of carbonyl (C=O) groups excluding carboxylic acids is 3. The van der Waals surface area contributed by atoms with Gasteiger partial charge in [-0.25, -0.2) is 0 Å². The van der Waals surface area contributed by atoms with Gasteiger partial charge in [0.25, 0.3) is 0 Å². The van der Waals surface area contributed by atoms with Crippen LogP contribution in [0.1, 0.15) is 78.1 Å². The predicted octanol–water partition coefficient (Wildman–Crippen LogP) is -3.46. The second-order valence-corrected chi connectivity index (χ2v) is 41.1. The normalized spacial score (nSPS) is 42.2. The zero-order chi connectivity index (χ0) is 91.0. The zero-order valence-electron chi connectivity index (χ0n) is 68.5. The van der Waals surface area contributed by atoms with Gasteiger partial charge in [-0.3, -0.25) is 24.0 Å². The lowest BCUT2D eigenvalue weighted by Crippen LogP contribution is -2.67. The molecule has 2 aliphatic carbocycles. The maximum absolute atomic E-state index is 12.6. The number of aliphatic carboxylic acids is 5. The van der Waals surface area contributed by atoms with Gasteiger partial charge in [0.05, 0.1) is 105 Å². The molecular weight excluding hydrogens is 1830 g/mol. The Balaban J connectivity index is 1.11. The SMILES string of the molecule is C[C@@H]1[C@H]2OC3O[C@@H](CSCCC(=O)O)[C@H](OC4O[C@@H](CSCCC(=O)O)[C@H](OC5O[C@@H](CSCCC(=O)O)[C@H](OC6C[C@@H](CSCCC=O)[C@H](OC7O[C@@H](CSCCC=O)[C@H](OC8C[C@@H](CSCCC=O)[C@H](OC9O[C@@H](CSCCC(=O)O)[C@H](OC(O[C@H]2CSCCC(=O)O)[C@H]1O)[C@@H](O)[C@@H]9O)[C@@H](O)[C@@H]8O)[C@@H](O)[C@@H]7O)[C@@H](O)[C@@H]6O)[C@@H](O)[C@@H]5O)[C@@H](O)[C@@H]4C)[C@@H](O)[C@@H]3O. The van der Waals surface area contributed by atoms with Crippen molar-refractivity contribution in [2.75, 3.05) is 92.0 Å². The van der Waals surface area contributed by atoms with Crippen molar-refractivity contribution in [1.82, 2.24) is 0 Å². The van der Waals surface area contributed by atoms with Gasteiger partial charge in [-0.15, -0.1) is 0 Å². The second kappa shape index (κ2) is 52.8. The Labute approximate surface area is 754 Å². The molecule has 30 aliphatic rings. The Hall–Kier alpha value is -1.96. The summed E-state index contributed by atoms with van der Waals surface area (Å²) in [4.78, 5) is 94.1. The summed E-state index contributed by atoms with van der Waals surface area (Å²) in [7, 11) is 0. The van der Waals surface area contributed by atoms with Crippen LogP contribution >= 0.6 is 94.1 Å². The van der Waals surface area contributed by atoms with Crippen molar-refractivity contribution in [3.63, 3.8) is 0 Å². The molecule has 0 aromatic heterocycles. The smallest absolute Gasteiger partial charge is 0.304 e. The Morgan fingerprint density at radius 1 is 0.248 bits per heavy atom. The van der Waals surface area contributed by atoms with Gasteiger partial charge < -0.3 is 178 Å². The number of carboxylic acids is 5. The first kappa shape index (κ1) is 107. The lowest BCUT2D eigenvalue weighted by Gasteiger charge is -2.51. The van der Waals surface area contributed by atoms with E-state index < -0.39 is 274 Å². The summed E-state index contributed by atoms with van der Waals surface area (Å²) in [6.07, 6.45) is -63.1. The van der Waals surface area contributed by atoms with Gasteiger partial charge in [0.1, 0.15) is 129 Å². The number of rotatable bonds is 40. The predicted molar refractivity (Wildman–Crippen MR) is 449 cm³/mol. The number of ether oxygens (including phenoxy) is 14. The number of thioether (sulfide) groups is 8. The van der Waals surface area contributed by atoms with Gasteiger partial charge in [0, 0.05) is 94.4 Å². The maximum atomic E-state index is 12.6. The lowest BCUT2D eigenvalue weighted by atomic mass is 9.81. The van der Waals surface area contributed by atoms with Crippen molar-refractivity contribution in [2.24, 2.45) is 23.7 Å². The summed E-state index contributed by atoms with van der Waals surface area (Å²) in [6, 6.07) is 0. The van der Waals surface area contributed by atoms with Gasteiger partial charge in [0.2, 0.25) is 0 Å². The summed E-state index contributed by atoms with van der Waals surface area (Å²) in [6.45, 7) is 2.91. The molecule has 125 heavy (non-hydrogen) atoms. The number of carbonyl (C=O) groups is 8. The van der Waals surface area contributed by atoms with E-state index in [2.05, 4.69) is 0 Å². The molecule has 0 aromatic carbocycles. The standard InChI is InChI=1S/C76H120O41S8/c1-32-50(91)72-107-38(26-121-17-6-44(80)81)63(32)112-73-61(102)57(98)69(42(110-73)30-124-20-9-47(86)87)115-71-33(2)49(90)66(39(106-71)28-122-18-7-45(82)83)116-76-60(101)56(97)68(41(109-76)29-123-19-8-46(84)85)105-37-23-34(24-118-14-3-11-77)64(53(94)52(37)93)113-74-59(100)55(96)67(40(108-74)27-120-16-5-13-79)104-36-22-35(25-119-15-4-12-78)65(54(95)51(36)92)114-75-62(103)58(99)70(117-72)43(111-75)31-125-21-10-48(88)89/h11-13,32-43,49-76,90-103H,3-10,14-31H2,1-2H3,(H,80,81)(H,82,83)(H,84,85)(H,86,87)(H,88,89)/t32-,33-,34-,35-,36?,37?,38-,39-,40-,41-,42-,43-,49-,50-,51+,52+,53-,54-,55-,56-,57-,58-,59-,60-,61-,62-,63+,64-,65-,66-,67-,68-,69-,70-,71?,72?,73?,74?,75?,76?/m0/s1. The topological polar surface area (TPSA) is 650 Å². The van der Waals surface area contributed by atoms with Gasteiger partial charge in [-0.05, 0) is 53.4 Å². The molecule has 16 bridgehead atoms. The molecule has 0 spiro atoms. The highest BCUT2D eigenvalue weighted by atomic mass is 32.2. The average molecular weight is 1950 g/mol. The molecule has 718 valence electrons. The van der Waals surface area contributed by atoms with Crippen molar-refractivity contribution in [1.29, 1.82) is 0 Å². The van der Waals surface area contributed by atoms with Crippen LogP contribution in [0.2, 0.25) is 0 Å². The van der Waals surface area contributed by atoms with Crippen molar-refractivity contribution < 1.29 is 202 Å². The van der Waals surface area contributed by atoms with E-state index >= 15 is 0 Å². The summed E-state index contributed by atoms with van der Waals surface area (Å²) in [5.41, 5.74) is 0. The van der Waals surface area contributed by atoms with E-state index in [1.165, 1.54) is 37.4 Å². The van der Waals surface area contributed by atoms with Gasteiger partial charge >= 0.3 is 29.8 Å². The molecule has 30 fully saturated rings. The molecule has 0 radical (unpaired) electrons. The highest BCUT2D eigenvalue weighted by molar-refractivity contribution is 8.00.